The summed E-state index contributed by atoms with van der Waals surface area (Å²) in [5, 5.41) is 11.7. The van der Waals surface area contributed by atoms with Crippen LogP contribution >= 0.6 is 11.8 Å². The third-order valence-corrected chi connectivity index (χ3v) is 3.62. The monoisotopic (exact) mass is 293 g/mol. The van der Waals surface area contributed by atoms with Crippen molar-refractivity contribution < 1.29 is 9.90 Å². The van der Waals surface area contributed by atoms with Gasteiger partial charge in [0.2, 0.25) is 0 Å². The smallest absolute Gasteiger partial charge is 0.339 e. The minimum atomic E-state index is -1.07. The molecule has 20 heavy (non-hydrogen) atoms. The first kappa shape index (κ1) is 14.1. The molecule has 2 rings (SSSR count). The number of aryl methyl sites for hydroxylation is 2. The van der Waals surface area contributed by atoms with Crippen molar-refractivity contribution in [3.8, 4) is 0 Å². The zero-order valence-corrected chi connectivity index (χ0v) is 11.5. The van der Waals surface area contributed by atoms with Crippen LogP contribution in [-0.4, -0.2) is 25.8 Å². The van der Waals surface area contributed by atoms with Crippen molar-refractivity contribution in [1.82, 2.24) is 14.8 Å². The standard InChI is InChI=1S/C12H11N3O4S/c1-6-3-4-7(11(18)19)8(5-6)20-12-13-9(16)10(17)14-15(12)2/h3-5H,1-2H3,(H,14,17)(H,18,19). The SMILES string of the molecule is Cc1ccc(C(=O)O)c(Sc2nc(=O)c(=O)[nH]n2C)c1. The molecule has 1 aromatic carbocycles. The largest absolute Gasteiger partial charge is 0.478 e. The average molecular weight is 293 g/mol. The number of carboxylic acid groups (broad SMARTS) is 1. The summed E-state index contributed by atoms with van der Waals surface area (Å²) >= 11 is 1.01. The molecule has 2 N–H and O–H groups in total. The first-order valence-corrected chi connectivity index (χ1v) is 6.39. The van der Waals surface area contributed by atoms with Crippen molar-refractivity contribution in [2.24, 2.45) is 7.05 Å². The summed E-state index contributed by atoms with van der Waals surface area (Å²) in [7, 11) is 1.52. The Hall–Kier alpha value is -2.35. The molecule has 0 saturated carbocycles. The number of hydrogen-bond donors (Lipinski definition) is 2. The molecule has 0 aliphatic rings. The number of carbonyl (C=O) groups is 1. The van der Waals surface area contributed by atoms with Crippen molar-refractivity contribution in [2.75, 3.05) is 0 Å². The van der Waals surface area contributed by atoms with Crippen LogP contribution < -0.4 is 11.1 Å². The van der Waals surface area contributed by atoms with Crippen molar-refractivity contribution in [3.63, 3.8) is 0 Å². The maximum Gasteiger partial charge on any atom is 0.339 e. The molecule has 0 atom stereocenters. The molecule has 8 heteroatoms. The normalized spacial score (nSPS) is 10.5. The summed E-state index contributed by atoms with van der Waals surface area (Å²) in [6.07, 6.45) is 0. The topological polar surface area (TPSA) is 105 Å². The number of nitrogens with one attached hydrogen (secondary N) is 1. The molecule has 104 valence electrons. The molecule has 0 unspecified atom stereocenters. The summed E-state index contributed by atoms with van der Waals surface area (Å²) in [5.74, 6) is -1.07. The molecular formula is C12H11N3O4S. The van der Waals surface area contributed by atoms with Crippen LogP contribution in [0, 0.1) is 6.92 Å². The second-order valence-corrected chi connectivity index (χ2v) is 5.12. The number of benzene rings is 1. The molecule has 2 aromatic rings. The Balaban J connectivity index is 2.52. The van der Waals surface area contributed by atoms with E-state index in [1.165, 1.54) is 17.8 Å². The van der Waals surface area contributed by atoms with Crippen LogP contribution in [0.3, 0.4) is 0 Å². The molecule has 0 bridgehead atoms. The van der Waals surface area contributed by atoms with Gasteiger partial charge in [0.05, 0.1) is 5.56 Å². The van der Waals surface area contributed by atoms with E-state index in [2.05, 4.69) is 10.1 Å². The van der Waals surface area contributed by atoms with Crippen molar-refractivity contribution in [2.45, 2.75) is 17.0 Å². The highest BCUT2D eigenvalue weighted by Crippen LogP contribution is 2.28. The highest BCUT2D eigenvalue weighted by atomic mass is 32.2. The van der Waals surface area contributed by atoms with E-state index in [4.69, 9.17) is 5.11 Å². The third-order valence-electron chi connectivity index (χ3n) is 2.52. The van der Waals surface area contributed by atoms with E-state index in [-0.39, 0.29) is 10.7 Å². The Labute approximate surface area is 117 Å². The molecular weight excluding hydrogens is 282 g/mol. The summed E-state index contributed by atoms with van der Waals surface area (Å²) in [6.45, 7) is 1.83. The quantitative estimate of drug-likeness (QED) is 0.804. The van der Waals surface area contributed by atoms with Crippen LogP contribution in [0.25, 0.3) is 0 Å². The molecule has 0 aliphatic carbocycles. The second-order valence-electron chi connectivity index (χ2n) is 4.11. The third kappa shape index (κ3) is 2.80. The van der Waals surface area contributed by atoms with Crippen LogP contribution in [0.4, 0.5) is 0 Å². The van der Waals surface area contributed by atoms with Gasteiger partial charge in [0, 0.05) is 11.9 Å². The van der Waals surface area contributed by atoms with Gasteiger partial charge in [0.1, 0.15) is 0 Å². The predicted octanol–water partition coefficient (Wildman–Crippen LogP) is 0.626. The van der Waals surface area contributed by atoms with E-state index >= 15 is 0 Å². The van der Waals surface area contributed by atoms with Gasteiger partial charge in [-0.05, 0) is 36.4 Å². The number of H-pyrrole nitrogens is 1. The van der Waals surface area contributed by atoms with E-state index < -0.39 is 17.1 Å². The van der Waals surface area contributed by atoms with Crippen molar-refractivity contribution >= 4 is 17.7 Å². The molecule has 0 spiro atoms. The Morgan fingerprint density at radius 3 is 2.75 bits per heavy atom. The van der Waals surface area contributed by atoms with Gasteiger partial charge < -0.3 is 5.11 Å². The second kappa shape index (κ2) is 5.33. The van der Waals surface area contributed by atoms with E-state index in [1.807, 2.05) is 6.92 Å². The highest BCUT2D eigenvalue weighted by Gasteiger charge is 2.14. The Morgan fingerprint density at radius 1 is 1.40 bits per heavy atom. The summed E-state index contributed by atoms with van der Waals surface area (Å²) in [6, 6.07) is 4.86. The van der Waals surface area contributed by atoms with Crippen LogP contribution in [0.5, 0.6) is 0 Å². The van der Waals surface area contributed by atoms with Gasteiger partial charge in [-0.15, -0.1) is 0 Å². The maximum atomic E-state index is 11.3. The Morgan fingerprint density at radius 2 is 2.10 bits per heavy atom. The van der Waals surface area contributed by atoms with Gasteiger partial charge in [0.15, 0.2) is 5.16 Å². The van der Waals surface area contributed by atoms with Gasteiger partial charge in [-0.3, -0.25) is 19.4 Å². The highest BCUT2D eigenvalue weighted by molar-refractivity contribution is 7.99. The fraction of sp³-hybridized carbons (Fsp3) is 0.167. The number of aromatic nitrogens is 3. The van der Waals surface area contributed by atoms with Crippen LogP contribution in [0.1, 0.15) is 15.9 Å². The maximum absolute atomic E-state index is 11.3. The van der Waals surface area contributed by atoms with Gasteiger partial charge in [-0.1, -0.05) is 6.07 Å². The summed E-state index contributed by atoms with van der Waals surface area (Å²) in [5.41, 5.74) is -0.734. The number of carboxylic acids is 1. The summed E-state index contributed by atoms with van der Waals surface area (Å²) in [4.78, 5) is 37.6. The lowest BCUT2D eigenvalue weighted by Crippen LogP contribution is -2.33. The van der Waals surface area contributed by atoms with Gasteiger partial charge in [0.25, 0.3) is 0 Å². The number of rotatable bonds is 3. The molecule has 0 radical (unpaired) electrons. The fourth-order valence-corrected chi connectivity index (χ4v) is 2.56. The number of nitrogens with zero attached hydrogens (tertiary/aromatic N) is 2. The van der Waals surface area contributed by atoms with E-state index in [0.29, 0.717) is 4.90 Å². The average Bonchev–Trinajstić information content (AvgIpc) is 2.35. The Kier molecular flexibility index (Phi) is 3.75. The van der Waals surface area contributed by atoms with Crippen molar-refractivity contribution in [3.05, 3.63) is 50.0 Å². The van der Waals surface area contributed by atoms with E-state index in [0.717, 1.165) is 17.3 Å². The number of aromatic amines is 1. The molecule has 0 amide bonds. The number of aromatic carboxylic acids is 1. The lowest BCUT2D eigenvalue weighted by Gasteiger charge is -2.08. The number of hydrogen-bond acceptors (Lipinski definition) is 5. The molecule has 0 saturated heterocycles. The molecule has 7 nitrogen and oxygen atoms in total. The van der Waals surface area contributed by atoms with Gasteiger partial charge >= 0.3 is 17.1 Å². The van der Waals surface area contributed by atoms with Gasteiger partial charge in [-0.25, -0.2) is 4.79 Å². The first-order chi connectivity index (χ1) is 9.38. The first-order valence-electron chi connectivity index (χ1n) is 5.57. The fourth-order valence-electron chi connectivity index (χ4n) is 1.54. The minimum Gasteiger partial charge on any atom is -0.478 e. The lowest BCUT2D eigenvalue weighted by atomic mass is 10.1. The zero-order chi connectivity index (χ0) is 14.9. The molecule has 1 aromatic heterocycles. The molecule has 0 aliphatic heterocycles. The van der Waals surface area contributed by atoms with E-state index in [9.17, 15) is 14.4 Å². The van der Waals surface area contributed by atoms with Crippen LogP contribution in [0.15, 0.2) is 37.8 Å². The summed E-state index contributed by atoms with van der Waals surface area (Å²) < 4.78 is 1.28. The Bertz CT molecular complexity index is 794. The zero-order valence-electron chi connectivity index (χ0n) is 10.7. The van der Waals surface area contributed by atoms with E-state index in [1.54, 1.807) is 12.1 Å². The molecule has 0 fully saturated rings. The van der Waals surface area contributed by atoms with Crippen molar-refractivity contribution in [1.29, 1.82) is 0 Å². The van der Waals surface area contributed by atoms with Crippen LogP contribution in [0.2, 0.25) is 0 Å². The lowest BCUT2D eigenvalue weighted by molar-refractivity contribution is 0.0693. The van der Waals surface area contributed by atoms with Crippen LogP contribution in [-0.2, 0) is 7.05 Å². The predicted molar refractivity (Wildman–Crippen MR) is 72.4 cm³/mol. The minimum absolute atomic E-state index is 0.112. The molecule has 1 heterocycles. The van der Waals surface area contributed by atoms with Gasteiger partial charge in [-0.2, -0.15) is 4.98 Å².